The number of para-hydroxylation sites is 1. The lowest BCUT2D eigenvalue weighted by atomic mass is 10.1. The molecule has 0 saturated carbocycles. The molecule has 0 atom stereocenters. The van der Waals surface area contributed by atoms with Crippen LogP contribution < -0.4 is 10.2 Å². The maximum atomic E-state index is 12.9. The summed E-state index contributed by atoms with van der Waals surface area (Å²) >= 11 is 5.76. The lowest BCUT2D eigenvalue weighted by Crippen LogP contribution is -2.17. The van der Waals surface area contributed by atoms with Gasteiger partial charge in [0.25, 0.3) is 5.91 Å². The highest BCUT2D eigenvalue weighted by Gasteiger charge is 2.31. The van der Waals surface area contributed by atoms with Gasteiger partial charge >= 0.3 is 17.8 Å². The van der Waals surface area contributed by atoms with Crippen molar-refractivity contribution in [1.82, 2.24) is 5.43 Å². The number of esters is 1. The third-order valence-electron chi connectivity index (χ3n) is 4.32. The van der Waals surface area contributed by atoms with Gasteiger partial charge in [-0.25, -0.2) is 10.2 Å². The van der Waals surface area contributed by atoms with Gasteiger partial charge in [-0.1, -0.05) is 23.7 Å². The fourth-order valence-electron chi connectivity index (χ4n) is 2.70. The first kappa shape index (κ1) is 24.4. The van der Waals surface area contributed by atoms with Gasteiger partial charge in [-0.05, 0) is 48.5 Å². The van der Waals surface area contributed by atoms with Crippen LogP contribution in [0.15, 0.2) is 71.8 Å². The van der Waals surface area contributed by atoms with Crippen LogP contribution in [0.3, 0.4) is 0 Å². The van der Waals surface area contributed by atoms with Crippen LogP contribution in [0.25, 0.3) is 0 Å². The van der Waals surface area contributed by atoms with E-state index < -0.39 is 45.5 Å². The van der Waals surface area contributed by atoms with Crippen LogP contribution in [-0.4, -0.2) is 23.0 Å². The molecule has 3 aromatic rings. The van der Waals surface area contributed by atoms with Crippen molar-refractivity contribution in [2.24, 2.45) is 5.10 Å². The summed E-state index contributed by atoms with van der Waals surface area (Å²) in [6.07, 6.45) is -3.70. The Labute approximate surface area is 194 Å². The third kappa shape index (κ3) is 5.95. The van der Waals surface area contributed by atoms with Gasteiger partial charge in [-0.3, -0.25) is 14.9 Å². The summed E-state index contributed by atoms with van der Waals surface area (Å²) < 4.78 is 43.9. The maximum absolute atomic E-state index is 12.9. The second-order valence-electron chi connectivity index (χ2n) is 6.63. The van der Waals surface area contributed by atoms with Gasteiger partial charge < -0.3 is 4.74 Å². The molecule has 0 aliphatic rings. The molecule has 1 N–H and O–H groups in total. The Hall–Kier alpha value is -4.25. The molecule has 0 heterocycles. The van der Waals surface area contributed by atoms with E-state index in [2.05, 4.69) is 10.5 Å². The number of nitro groups is 1. The van der Waals surface area contributed by atoms with E-state index in [1.807, 2.05) is 0 Å². The van der Waals surface area contributed by atoms with Gasteiger partial charge in [0.05, 0.1) is 22.3 Å². The van der Waals surface area contributed by atoms with Gasteiger partial charge in [0.15, 0.2) is 0 Å². The van der Waals surface area contributed by atoms with Gasteiger partial charge in [0.2, 0.25) is 5.75 Å². The van der Waals surface area contributed by atoms with Gasteiger partial charge in [-0.15, -0.1) is 0 Å². The topological polar surface area (TPSA) is 111 Å². The minimum atomic E-state index is -4.70. The Morgan fingerprint density at radius 2 is 1.71 bits per heavy atom. The molecule has 0 spiro atoms. The molecular formula is C22H13ClF3N3O5. The van der Waals surface area contributed by atoms with E-state index in [1.54, 1.807) is 0 Å². The quantitative estimate of drug-likeness (QED) is 0.166. The molecule has 0 fully saturated rings. The average molecular weight is 492 g/mol. The van der Waals surface area contributed by atoms with Crippen LogP contribution in [0.4, 0.5) is 18.9 Å². The first-order valence-electron chi connectivity index (χ1n) is 9.32. The Kier molecular flexibility index (Phi) is 7.27. The number of hydrogen-bond donors (Lipinski definition) is 1. The Morgan fingerprint density at radius 3 is 2.35 bits per heavy atom. The van der Waals surface area contributed by atoms with Gasteiger partial charge in [0.1, 0.15) is 0 Å². The standard InChI is InChI=1S/C22H13ClF3N3O5/c23-17-9-7-13(8-10-17)20(30)28-27-12-15-4-2-6-18(29(32)33)19(15)34-21(31)14-3-1-5-16(11-14)22(24,25)26/h1-12H,(H,28,30)/b27-12+. The van der Waals surface area contributed by atoms with Crippen LogP contribution in [0.5, 0.6) is 5.75 Å². The number of nitrogens with one attached hydrogen (secondary N) is 1. The summed E-state index contributed by atoms with van der Waals surface area (Å²) in [6.45, 7) is 0. The zero-order valence-corrected chi connectivity index (χ0v) is 17.6. The largest absolute Gasteiger partial charge is 0.416 e. The third-order valence-corrected chi connectivity index (χ3v) is 4.57. The number of hydrogen-bond acceptors (Lipinski definition) is 6. The van der Waals surface area contributed by atoms with E-state index in [0.29, 0.717) is 11.1 Å². The SMILES string of the molecule is O=C(N/N=C/c1cccc([N+](=O)[O-])c1OC(=O)c1cccc(C(F)(F)F)c1)c1ccc(Cl)cc1. The van der Waals surface area contributed by atoms with Crippen molar-refractivity contribution >= 4 is 35.4 Å². The number of amides is 1. The zero-order chi connectivity index (χ0) is 24.9. The van der Waals surface area contributed by atoms with Crippen LogP contribution in [0, 0.1) is 10.1 Å². The van der Waals surface area contributed by atoms with Gasteiger partial charge in [-0.2, -0.15) is 18.3 Å². The molecule has 12 heteroatoms. The number of nitro benzene ring substituents is 1. The predicted molar refractivity (Wildman–Crippen MR) is 116 cm³/mol. The van der Waals surface area contributed by atoms with E-state index in [1.165, 1.54) is 36.4 Å². The number of ether oxygens (including phenoxy) is 1. The molecule has 0 aliphatic carbocycles. The maximum Gasteiger partial charge on any atom is 0.416 e. The first-order chi connectivity index (χ1) is 16.1. The second kappa shape index (κ2) is 10.1. The van der Waals surface area contributed by atoms with E-state index in [4.69, 9.17) is 16.3 Å². The fraction of sp³-hybridized carbons (Fsp3) is 0.0455. The van der Waals surface area contributed by atoms with Crippen molar-refractivity contribution < 1.29 is 32.4 Å². The van der Waals surface area contributed by atoms with Crippen LogP contribution >= 0.6 is 11.6 Å². The molecular weight excluding hydrogens is 479 g/mol. The number of halogens is 4. The number of carbonyl (C=O) groups excluding carboxylic acids is 2. The Bertz CT molecular complexity index is 1280. The van der Waals surface area contributed by atoms with Crippen molar-refractivity contribution in [3.63, 3.8) is 0 Å². The van der Waals surface area contributed by atoms with E-state index >= 15 is 0 Å². The average Bonchev–Trinajstić information content (AvgIpc) is 2.79. The normalized spacial score (nSPS) is 11.3. The lowest BCUT2D eigenvalue weighted by molar-refractivity contribution is -0.385. The summed E-state index contributed by atoms with van der Waals surface area (Å²) in [6, 6.07) is 12.9. The summed E-state index contributed by atoms with van der Waals surface area (Å²) in [5.74, 6) is -2.42. The Balaban J connectivity index is 1.86. The van der Waals surface area contributed by atoms with Crippen LogP contribution in [-0.2, 0) is 6.18 Å². The monoisotopic (exact) mass is 491 g/mol. The first-order valence-corrected chi connectivity index (χ1v) is 9.70. The highest BCUT2D eigenvalue weighted by atomic mass is 35.5. The smallest absolute Gasteiger partial charge is 0.415 e. The van der Waals surface area contributed by atoms with E-state index in [9.17, 15) is 32.9 Å². The summed E-state index contributed by atoms with van der Waals surface area (Å²) in [7, 11) is 0. The molecule has 0 radical (unpaired) electrons. The number of hydrazone groups is 1. The second-order valence-corrected chi connectivity index (χ2v) is 7.06. The summed E-state index contributed by atoms with van der Waals surface area (Å²) in [4.78, 5) is 35.2. The molecule has 0 aliphatic heterocycles. The summed E-state index contributed by atoms with van der Waals surface area (Å²) in [5, 5.41) is 15.5. The van der Waals surface area contributed by atoms with Crippen LogP contribution in [0.1, 0.15) is 31.8 Å². The van der Waals surface area contributed by atoms with Crippen molar-refractivity contribution in [2.45, 2.75) is 6.18 Å². The number of benzene rings is 3. The highest BCUT2D eigenvalue weighted by Crippen LogP contribution is 2.32. The molecule has 3 aromatic carbocycles. The van der Waals surface area contributed by atoms with E-state index in [0.717, 1.165) is 30.5 Å². The van der Waals surface area contributed by atoms with Gasteiger partial charge in [0, 0.05) is 22.2 Å². The summed E-state index contributed by atoms with van der Waals surface area (Å²) in [5.41, 5.74) is 0.175. The van der Waals surface area contributed by atoms with Crippen molar-refractivity contribution in [2.75, 3.05) is 0 Å². The molecule has 1 amide bonds. The molecule has 0 unspecified atom stereocenters. The number of rotatable bonds is 6. The van der Waals surface area contributed by atoms with Crippen LogP contribution in [0.2, 0.25) is 5.02 Å². The Morgan fingerprint density at radius 1 is 1.03 bits per heavy atom. The number of nitrogens with zero attached hydrogens (tertiary/aromatic N) is 2. The number of alkyl halides is 3. The molecule has 8 nitrogen and oxygen atoms in total. The molecule has 0 saturated heterocycles. The minimum absolute atomic E-state index is 0.0778. The van der Waals surface area contributed by atoms with Crippen molar-refractivity contribution in [3.8, 4) is 5.75 Å². The van der Waals surface area contributed by atoms with E-state index in [-0.39, 0.29) is 11.1 Å². The predicted octanol–water partition coefficient (Wildman–Crippen LogP) is 5.25. The van der Waals surface area contributed by atoms with Crippen molar-refractivity contribution in [3.05, 3.63) is 104 Å². The molecule has 0 bridgehead atoms. The van der Waals surface area contributed by atoms with Crippen molar-refractivity contribution in [1.29, 1.82) is 0 Å². The zero-order valence-electron chi connectivity index (χ0n) is 16.9. The fourth-order valence-corrected chi connectivity index (χ4v) is 2.83. The highest BCUT2D eigenvalue weighted by molar-refractivity contribution is 6.30. The molecule has 174 valence electrons. The minimum Gasteiger partial charge on any atom is -0.415 e. The molecule has 3 rings (SSSR count). The molecule has 0 aromatic heterocycles. The lowest BCUT2D eigenvalue weighted by Gasteiger charge is -2.10. The number of carbonyl (C=O) groups is 2. The molecule has 34 heavy (non-hydrogen) atoms.